The monoisotopic (exact) mass is 619 g/mol. The number of hydrogen-bond donors (Lipinski definition) is 4. The summed E-state index contributed by atoms with van der Waals surface area (Å²) in [6.45, 7) is 7.49. The van der Waals surface area contributed by atoms with E-state index in [9.17, 15) is 0 Å². The minimum absolute atomic E-state index is 0. The van der Waals surface area contributed by atoms with Gasteiger partial charge in [0, 0.05) is 89.3 Å². The third-order valence-corrected chi connectivity index (χ3v) is 5.56. The number of rotatable bonds is 20. The quantitative estimate of drug-likeness (QED) is 0.134. The maximum absolute atomic E-state index is 5.70. The first-order valence-electron chi connectivity index (χ1n) is 12.1. The van der Waals surface area contributed by atoms with E-state index < -0.39 is 0 Å². The van der Waals surface area contributed by atoms with Crippen LogP contribution in [-0.2, 0) is 29.6 Å². The fourth-order valence-electron chi connectivity index (χ4n) is 3.17. The van der Waals surface area contributed by atoms with Crippen molar-refractivity contribution in [2.75, 3.05) is 89.6 Å². The summed E-state index contributed by atoms with van der Waals surface area (Å²) in [5.74, 6) is 2.29. The second kappa shape index (κ2) is 21.9. The number of pyridine rings is 1. The number of anilines is 1. The number of nitrogens with zero attached hydrogens (tertiary/aromatic N) is 2. The average Bonchev–Trinajstić information content (AvgIpc) is 2.89. The molecule has 0 fully saturated rings. The standard InChI is InChI=1S/C26H40N4O3S2.Tc/c1-27-25-7-4-23(5-8-25)2-3-24-6-9-26(29-22-24)33-19-18-32-17-16-31-15-13-30(14-21-35)12-10-28-11-20-34;/h2-9,22,27-28,34-35H,10-21H2,1H3;/b3-2+;/i;1+1. The zero-order valence-electron chi connectivity index (χ0n) is 21.1. The third kappa shape index (κ3) is 15.2. The van der Waals surface area contributed by atoms with Gasteiger partial charge in [-0.1, -0.05) is 24.3 Å². The van der Waals surface area contributed by atoms with E-state index in [1.807, 2.05) is 37.4 Å². The summed E-state index contributed by atoms with van der Waals surface area (Å²) in [7, 11) is 1.91. The Hall–Kier alpha value is -1.10. The molecular weight excluding hydrogens is 579 g/mol. The fraction of sp³-hybridized carbons (Fsp3) is 0.500. The Bertz CT molecular complexity index is 814. The molecule has 0 aliphatic rings. The van der Waals surface area contributed by atoms with Crippen molar-refractivity contribution in [3.8, 4) is 5.88 Å². The van der Waals surface area contributed by atoms with Gasteiger partial charge in [-0.05, 0) is 29.3 Å². The van der Waals surface area contributed by atoms with Crippen molar-refractivity contribution in [1.29, 1.82) is 0 Å². The molecule has 1 aromatic carbocycles. The number of ether oxygens (including phenoxy) is 3. The molecule has 36 heavy (non-hydrogen) atoms. The van der Waals surface area contributed by atoms with E-state index in [0.717, 1.165) is 61.0 Å². The Balaban J connectivity index is 0.00000648. The van der Waals surface area contributed by atoms with Gasteiger partial charge in [0.2, 0.25) is 5.88 Å². The van der Waals surface area contributed by atoms with Gasteiger partial charge in [-0.25, -0.2) is 4.98 Å². The maximum atomic E-state index is 5.70. The number of thiol groups is 2. The molecule has 0 aliphatic heterocycles. The molecule has 2 aromatic rings. The van der Waals surface area contributed by atoms with E-state index in [2.05, 4.69) is 64.0 Å². The average molecular weight is 620 g/mol. The van der Waals surface area contributed by atoms with Crippen LogP contribution in [0.4, 0.5) is 5.69 Å². The van der Waals surface area contributed by atoms with E-state index in [0.29, 0.717) is 38.9 Å². The van der Waals surface area contributed by atoms with Gasteiger partial charge in [-0.15, -0.1) is 0 Å². The Morgan fingerprint density at radius 2 is 1.50 bits per heavy atom. The molecule has 0 spiro atoms. The second-order valence-corrected chi connectivity index (χ2v) is 8.64. The van der Waals surface area contributed by atoms with E-state index in [1.165, 1.54) is 0 Å². The topological polar surface area (TPSA) is 67.9 Å². The molecule has 0 saturated carbocycles. The summed E-state index contributed by atoms with van der Waals surface area (Å²) in [6.07, 6.45) is 5.90. The van der Waals surface area contributed by atoms with Crippen molar-refractivity contribution >= 4 is 43.1 Å². The normalized spacial score (nSPS) is 11.1. The van der Waals surface area contributed by atoms with E-state index >= 15 is 0 Å². The van der Waals surface area contributed by atoms with Gasteiger partial charge in [-0.3, -0.25) is 4.90 Å². The van der Waals surface area contributed by atoms with Crippen LogP contribution >= 0.6 is 25.3 Å². The van der Waals surface area contributed by atoms with E-state index in [4.69, 9.17) is 14.2 Å². The number of nitrogens with one attached hydrogen (secondary N) is 2. The Morgan fingerprint density at radius 1 is 0.806 bits per heavy atom. The summed E-state index contributed by atoms with van der Waals surface area (Å²) >= 11 is 8.54. The number of benzene rings is 1. The zero-order valence-corrected chi connectivity index (χ0v) is 24.7. The van der Waals surface area contributed by atoms with Crippen LogP contribution in [0.5, 0.6) is 5.88 Å². The molecule has 1 heterocycles. The van der Waals surface area contributed by atoms with Gasteiger partial charge in [0.15, 0.2) is 0 Å². The second-order valence-electron chi connectivity index (χ2n) is 7.75. The predicted molar refractivity (Wildman–Crippen MR) is 153 cm³/mol. The largest absolute Gasteiger partial charge is 0.475 e. The van der Waals surface area contributed by atoms with Crippen molar-refractivity contribution in [1.82, 2.24) is 15.2 Å². The molecule has 0 saturated heterocycles. The molecule has 7 nitrogen and oxygen atoms in total. The molecule has 0 amide bonds. The maximum Gasteiger partial charge on any atom is 0.213 e. The van der Waals surface area contributed by atoms with Gasteiger partial charge in [0.25, 0.3) is 0 Å². The first kappa shape index (κ1) is 32.9. The predicted octanol–water partition coefficient (Wildman–Crippen LogP) is 3.45. The first-order valence-corrected chi connectivity index (χ1v) is 13.4. The minimum Gasteiger partial charge on any atom is -0.475 e. The van der Waals surface area contributed by atoms with Gasteiger partial charge in [0.05, 0.1) is 26.4 Å². The molecule has 0 unspecified atom stereocenters. The van der Waals surface area contributed by atoms with Crippen LogP contribution < -0.4 is 15.4 Å². The Kier molecular flexibility index (Phi) is 20.1. The zero-order chi connectivity index (χ0) is 25.0. The van der Waals surface area contributed by atoms with Crippen LogP contribution in [0.3, 0.4) is 0 Å². The molecule has 10 heteroatoms. The van der Waals surface area contributed by atoms with Crippen molar-refractivity contribution in [3.63, 3.8) is 0 Å². The number of hydrogen-bond acceptors (Lipinski definition) is 9. The molecule has 1 radical (unpaired) electrons. The van der Waals surface area contributed by atoms with Crippen LogP contribution in [0.2, 0.25) is 0 Å². The van der Waals surface area contributed by atoms with Gasteiger partial charge < -0.3 is 24.8 Å². The van der Waals surface area contributed by atoms with Crippen molar-refractivity contribution in [2.45, 2.75) is 0 Å². The van der Waals surface area contributed by atoms with Crippen LogP contribution in [0.15, 0.2) is 42.6 Å². The van der Waals surface area contributed by atoms with Crippen LogP contribution in [0.25, 0.3) is 12.2 Å². The van der Waals surface area contributed by atoms with Crippen LogP contribution in [-0.4, -0.2) is 94.2 Å². The summed E-state index contributed by atoms with van der Waals surface area (Å²) < 4.78 is 16.9. The summed E-state index contributed by atoms with van der Waals surface area (Å²) in [6, 6.07) is 12.1. The Morgan fingerprint density at radius 3 is 2.17 bits per heavy atom. The van der Waals surface area contributed by atoms with Crippen LogP contribution in [0, 0.1) is 0 Å². The van der Waals surface area contributed by atoms with Crippen molar-refractivity contribution < 1.29 is 34.3 Å². The summed E-state index contributed by atoms with van der Waals surface area (Å²) in [5.41, 5.74) is 3.25. The molecule has 0 aliphatic carbocycles. The molecule has 2 rings (SSSR count). The molecule has 1 aromatic heterocycles. The van der Waals surface area contributed by atoms with Gasteiger partial charge >= 0.3 is 0 Å². The molecule has 0 atom stereocenters. The molecular formula is C26H40N4O3S2Tc. The van der Waals surface area contributed by atoms with Crippen molar-refractivity contribution in [2.24, 2.45) is 0 Å². The van der Waals surface area contributed by atoms with E-state index in [-0.39, 0.29) is 20.1 Å². The summed E-state index contributed by atoms with van der Waals surface area (Å²) in [4.78, 5) is 6.71. The van der Waals surface area contributed by atoms with Crippen molar-refractivity contribution in [3.05, 3.63) is 53.7 Å². The first-order chi connectivity index (χ1) is 17.2. The van der Waals surface area contributed by atoms with Crippen LogP contribution in [0.1, 0.15) is 11.1 Å². The Labute approximate surface area is 240 Å². The fourth-order valence-corrected chi connectivity index (χ4v) is 3.61. The van der Waals surface area contributed by atoms with Gasteiger partial charge in [0.1, 0.15) is 6.61 Å². The summed E-state index contributed by atoms with van der Waals surface area (Å²) in [5, 5.41) is 6.47. The minimum atomic E-state index is 0. The number of aromatic nitrogens is 1. The van der Waals surface area contributed by atoms with Gasteiger partial charge in [-0.2, -0.15) is 25.3 Å². The molecule has 0 bridgehead atoms. The third-order valence-electron chi connectivity index (χ3n) is 5.14. The smallest absolute Gasteiger partial charge is 0.213 e. The molecule has 201 valence electrons. The SMILES string of the molecule is CNc1ccc(/C=C/c2ccc(OCCOCCOCCN(CCS)CCNCCS)nc2)cc1.[99Tc]. The molecule has 2 N–H and O–H groups in total. The van der Waals surface area contributed by atoms with E-state index in [1.54, 1.807) is 6.20 Å².